The zero-order chi connectivity index (χ0) is 16.8. The van der Waals surface area contributed by atoms with Gasteiger partial charge < -0.3 is 10.4 Å². The van der Waals surface area contributed by atoms with Crippen LogP contribution >= 0.6 is 11.3 Å². The molecule has 126 valence electrons. The first-order valence-electron chi connectivity index (χ1n) is 7.92. The van der Waals surface area contributed by atoms with E-state index in [0.29, 0.717) is 18.5 Å². The molecular formula is C16H19N5O2S. The molecule has 4 rings (SSSR count). The van der Waals surface area contributed by atoms with Crippen molar-refractivity contribution in [2.45, 2.75) is 31.9 Å². The summed E-state index contributed by atoms with van der Waals surface area (Å²) in [6, 6.07) is -0.144. The lowest BCUT2D eigenvalue weighted by Gasteiger charge is -2.37. The number of aromatic nitrogens is 4. The standard InChI is InChI=1S/C16H19N5O2S/c1-9-6-21-13(8-24-16(21)18-9)15(23)19-14(10-3-12(22)4-10)11-5-17-20(2)7-11/h5-8,10,12,14,22H,3-4H2,1-2H3,(H,19,23)/t10?,12?,14-/m1/s1. The van der Waals surface area contributed by atoms with Crippen LogP contribution < -0.4 is 5.32 Å². The number of hydrogen-bond donors (Lipinski definition) is 2. The van der Waals surface area contributed by atoms with E-state index in [-0.39, 0.29) is 24.0 Å². The van der Waals surface area contributed by atoms with Crippen LogP contribution in [0.3, 0.4) is 0 Å². The summed E-state index contributed by atoms with van der Waals surface area (Å²) in [6.07, 6.45) is 6.69. The molecule has 1 saturated carbocycles. The fraction of sp³-hybridized carbons (Fsp3) is 0.438. The van der Waals surface area contributed by atoms with Gasteiger partial charge in [-0.15, -0.1) is 11.3 Å². The number of rotatable bonds is 4. The topological polar surface area (TPSA) is 84.5 Å². The summed E-state index contributed by atoms with van der Waals surface area (Å²) in [5, 5.41) is 18.8. The normalized spacial score (nSPS) is 21.6. The fourth-order valence-electron chi connectivity index (χ4n) is 3.25. The van der Waals surface area contributed by atoms with E-state index in [4.69, 9.17) is 0 Å². The van der Waals surface area contributed by atoms with Crippen LogP contribution in [0.2, 0.25) is 0 Å². The minimum atomic E-state index is -0.268. The Bertz CT molecular complexity index is 889. The van der Waals surface area contributed by atoms with Crippen molar-refractivity contribution in [3.63, 3.8) is 0 Å². The quantitative estimate of drug-likeness (QED) is 0.753. The number of imidazole rings is 1. The first-order valence-corrected chi connectivity index (χ1v) is 8.80. The molecule has 8 heteroatoms. The number of aliphatic hydroxyl groups is 1. The van der Waals surface area contributed by atoms with Crippen molar-refractivity contribution in [2.75, 3.05) is 0 Å². The zero-order valence-corrected chi connectivity index (χ0v) is 14.3. The van der Waals surface area contributed by atoms with Gasteiger partial charge in [0.25, 0.3) is 5.91 Å². The molecule has 7 nitrogen and oxygen atoms in total. The maximum Gasteiger partial charge on any atom is 0.269 e. The van der Waals surface area contributed by atoms with E-state index in [1.54, 1.807) is 10.9 Å². The molecule has 0 bridgehead atoms. The molecular weight excluding hydrogens is 326 g/mol. The highest BCUT2D eigenvalue weighted by Gasteiger charge is 2.36. The van der Waals surface area contributed by atoms with Gasteiger partial charge in [0.05, 0.1) is 24.0 Å². The highest BCUT2D eigenvalue weighted by molar-refractivity contribution is 7.15. The van der Waals surface area contributed by atoms with Gasteiger partial charge in [0, 0.05) is 30.4 Å². The number of carbonyl (C=O) groups excluding carboxylic acids is 1. The van der Waals surface area contributed by atoms with Gasteiger partial charge in [-0.2, -0.15) is 5.10 Å². The molecule has 0 radical (unpaired) electrons. The van der Waals surface area contributed by atoms with E-state index >= 15 is 0 Å². The number of thiazole rings is 1. The van der Waals surface area contributed by atoms with Gasteiger partial charge in [-0.3, -0.25) is 13.9 Å². The Hall–Kier alpha value is -2.19. The fourth-order valence-corrected chi connectivity index (χ4v) is 4.15. The summed E-state index contributed by atoms with van der Waals surface area (Å²) in [6.45, 7) is 1.91. The molecule has 2 N–H and O–H groups in total. The number of nitrogens with zero attached hydrogens (tertiary/aromatic N) is 4. The minimum Gasteiger partial charge on any atom is -0.393 e. The van der Waals surface area contributed by atoms with Crippen molar-refractivity contribution < 1.29 is 9.90 Å². The smallest absolute Gasteiger partial charge is 0.269 e. The van der Waals surface area contributed by atoms with Gasteiger partial charge in [-0.1, -0.05) is 0 Å². The lowest BCUT2D eigenvalue weighted by Crippen LogP contribution is -2.41. The van der Waals surface area contributed by atoms with Crippen LogP contribution in [-0.2, 0) is 7.05 Å². The Morgan fingerprint density at radius 1 is 1.46 bits per heavy atom. The van der Waals surface area contributed by atoms with Crippen LogP contribution in [0.4, 0.5) is 0 Å². The molecule has 3 heterocycles. The summed E-state index contributed by atoms with van der Waals surface area (Å²) >= 11 is 1.45. The summed E-state index contributed by atoms with van der Waals surface area (Å²) in [4.78, 5) is 18.0. The lowest BCUT2D eigenvalue weighted by atomic mass is 9.75. The Kier molecular flexibility index (Phi) is 3.65. The Labute approximate surface area is 142 Å². The Morgan fingerprint density at radius 2 is 2.25 bits per heavy atom. The van der Waals surface area contributed by atoms with E-state index in [0.717, 1.165) is 16.2 Å². The monoisotopic (exact) mass is 345 g/mol. The molecule has 1 fully saturated rings. The first kappa shape index (κ1) is 15.3. The van der Waals surface area contributed by atoms with Crippen LogP contribution in [0.5, 0.6) is 0 Å². The van der Waals surface area contributed by atoms with Crippen LogP contribution in [0.15, 0.2) is 24.0 Å². The van der Waals surface area contributed by atoms with Crippen LogP contribution in [-0.4, -0.2) is 36.3 Å². The number of carbonyl (C=O) groups is 1. The summed E-state index contributed by atoms with van der Waals surface area (Å²) in [5.41, 5.74) is 2.45. The molecule has 1 atom stereocenters. The van der Waals surface area contributed by atoms with Crippen molar-refractivity contribution in [3.8, 4) is 0 Å². The summed E-state index contributed by atoms with van der Waals surface area (Å²) < 4.78 is 3.55. The molecule has 1 aliphatic rings. The third-order valence-electron chi connectivity index (χ3n) is 4.55. The van der Waals surface area contributed by atoms with Gasteiger partial charge in [0.2, 0.25) is 0 Å². The highest BCUT2D eigenvalue weighted by Crippen LogP contribution is 2.38. The third kappa shape index (κ3) is 2.61. The predicted octanol–water partition coefficient (Wildman–Crippen LogP) is 1.68. The van der Waals surface area contributed by atoms with E-state index in [1.807, 2.05) is 36.1 Å². The molecule has 1 aliphatic carbocycles. The molecule has 0 spiro atoms. The van der Waals surface area contributed by atoms with E-state index in [1.165, 1.54) is 11.3 Å². The van der Waals surface area contributed by atoms with Crippen LogP contribution in [0.1, 0.15) is 40.6 Å². The first-order chi connectivity index (χ1) is 11.5. The number of fused-ring (bicyclic) bond motifs is 1. The molecule has 0 aliphatic heterocycles. The van der Waals surface area contributed by atoms with Gasteiger partial charge in [-0.05, 0) is 25.7 Å². The van der Waals surface area contributed by atoms with Crippen LogP contribution in [0.25, 0.3) is 4.96 Å². The van der Waals surface area contributed by atoms with Crippen molar-refractivity contribution in [1.29, 1.82) is 0 Å². The average molecular weight is 345 g/mol. The number of aliphatic hydroxyl groups excluding tert-OH is 1. The summed E-state index contributed by atoms with van der Waals surface area (Å²) in [5.74, 6) is 0.0979. The molecule has 1 amide bonds. The lowest BCUT2D eigenvalue weighted by molar-refractivity contribution is 0.0234. The van der Waals surface area contributed by atoms with Gasteiger partial charge in [-0.25, -0.2) is 4.98 Å². The maximum atomic E-state index is 12.8. The average Bonchev–Trinajstić information content (AvgIpc) is 3.17. The molecule has 0 unspecified atom stereocenters. The van der Waals surface area contributed by atoms with E-state index in [2.05, 4.69) is 15.4 Å². The van der Waals surface area contributed by atoms with Gasteiger partial charge in [0.15, 0.2) is 4.96 Å². The second kappa shape index (κ2) is 5.71. The highest BCUT2D eigenvalue weighted by atomic mass is 32.1. The Morgan fingerprint density at radius 3 is 2.92 bits per heavy atom. The minimum absolute atomic E-state index is 0.131. The van der Waals surface area contributed by atoms with Gasteiger partial charge >= 0.3 is 0 Å². The second-order valence-electron chi connectivity index (χ2n) is 6.44. The van der Waals surface area contributed by atoms with Crippen molar-refractivity contribution in [1.82, 2.24) is 24.5 Å². The van der Waals surface area contributed by atoms with E-state index < -0.39 is 0 Å². The number of aryl methyl sites for hydroxylation is 2. The number of hydrogen-bond acceptors (Lipinski definition) is 5. The molecule has 0 aromatic carbocycles. The molecule has 3 aromatic heterocycles. The van der Waals surface area contributed by atoms with Crippen molar-refractivity contribution in [2.24, 2.45) is 13.0 Å². The molecule has 0 saturated heterocycles. The number of amides is 1. The second-order valence-corrected chi connectivity index (χ2v) is 7.28. The predicted molar refractivity (Wildman–Crippen MR) is 90.0 cm³/mol. The van der Waals surface area contributed by atoms with Crippen LogP contribution in [0, 0.1) is 12.8 Å². The van der Waals surface area contributed by atoms with Gasteiger partial charge in [0.1, 0.15) is 5.69 Å². The largest absolute Gasteiger partial charge is 0.393 e. The van der Waals surface area contributed by atoms with Crippen molar-refractivity contribution >= 4 is 22.2 Å². The van der Waals surface area contributed by atoms with E-state index in [9.17, 15) is 9.90 Å². The maximum absolute atomic E-state index is 12.8. The SMILES string of the molecule is Cc1cn2c(C(=O)N[C@@H](c3cnn(C)c3)C3CC(O)C3)csc2n1. The zero-order valence-electron chi connectivity index (χ0n) is 13.5. The third-order valence-corrected chi connectivity index (χ3v) is 5.39. The molecule has 3 aromatic rings. The van der Waals surface area contributed by atoms with Crippen molar-refractivity contribution in [3.05, 3.63) is 40.9 Å². The summed E-state index contributed by atoms with van der Waals surface area (Å²) in [7, 11) is 1.86. The Balaban J connectivity index is 1.60. The molecule has 24 heavy (non-hydrogen) atoms. The number of nitrogens with one attached hydrogen (secondary N) is 1.